The predicted molar refractivity (Wildman–Crippen MR) is 130 cm³/mol. The summed E-state index contributed by atoms with van der Waals surface area (Å²) < 4.78 is 7.13. The maximum Gasteiger partial charge on any atom is 0.274 e. The van der Waals surface area contributed by atoms with Crippen LogP contribution in [0.25, 0.3) is 10.8 Å². The van der Waals surface area contributed by atoms with Crippen LogP contribution in [0.3, 0.4) is 0 Å². The third-order valence-corrected chi connectivity index (χ3v) is 5.34. The number of rotatable bonds is 7. The number of carbonyl (C=O) groups is 1. The zero-order valence-electron chi connectivity index (χ0n) is 19.0. The van der Waals surface area contributed by atoms with Crippen molar-refractivity contribution in [1.82, 2.24) is 15.1 Å². The summed E-state index contributed by atoms with van der Waals surface area (Å²) in [6.45, 7) is 6.14. The van der Waals surface area contributed by atoms with E-state index in [9.17, 15) is 9.59 Å². The Morgan fingerprint density at radius 1 is 0.939 bits per heavy atom. The van der Waals surface area contributed by atoms with E-state index in [1.54, 1.807) is 24.3 Å². The van der Waals surface area contributed by atoms with E-state index in [0.29, 0.717) is 10.8 Å². The highest BCUT2D eigenvalue weighted by atomic mass is 16.5. The Morgan fingerprint density at radius 3 is 2.36 bits per heavy atom. The molecular weight excluding hydrogens is 414 g/mol. The van der Waals surface area contributed by atoms with Crippen LogP contribution in [0.2, 0.25) is 0 Å². The number of nitrogens with one attached hydrogen (secondary N) is 1. The van der Waals surface area contributed by atoms with Gasteiger partial charge in [0.25, 0.3) is 11.5 Å². The normalized spacial score (nSPS) is 12.0. The lowest BCUT2D eigenvalue weighted by Crippen LogP contribution is -2.32. The molecular formula is C27H27N3O3. The topological polar surface area (TPSA) is 73.2 Å². The van der Waals surface area contributed by atoms with Crippen molar-refractivity contribution >= 4 is 16.7 Å². The van der Waals surface area contributed by atoms with Crippen molar-refractivity contribution in [3.05, 3.63) is 106 Å². The third-order valence-electron chi connectivity index (χ3n) is 5.34. The molecule has 0 radical (unpaired) electrons. The summed E-state index contributed by atoms with van der Waals surface area (Å²) in [5.74, 6) is 0.416. The van der Waals surface area contributed by atoms with Crippen LogP contribution in [0, 0.1) is 0 Å². The number of amides is 1. The third kappa shape index (κ3) is 5.12. The molecule has 3 aromatic carbocycles. The number of nitrogens with zero attached hydrogens (tertiary/aromatic N) is 2. The van der Waals surface area contributed by atoms with Gasteiger partial charge in [0.15, 0.2) is 5.69 Å². The highest BCUT2D eigenvalue weighted by molar-refractivity contribution is 6.04. The fourth-order valence-electron chi connectivity index (χ4n) is 3.74. The average molecular weight is 442 g/mol. The van der Waals surface area contributed by atoms with Crippen LogP contribution in [0.5, 0.6) is 5.75 Å². The Morgan fingerprint density at radius 2 is 1.64 bits per heavy atom. The fraction of sp³-hybridized carbons (Fsp3) is 0.222. The molecule has 0 fully saturated rings. The van der Waals surface area contributed by atoms with E-state index in [1.807, 2.05) is 75.4 Å². The van der Waals surface area contributed by atoms with Gasteiger partial charge in [0.05, 0.1) is 24.1 Å². The van der Waals surface area contributed by atoms with Gasteiger partial charge < -0.3 is 10.1 Å². The molecule has 0 aliphatic heterocycles. The molecule has 6 nitrogen and oxygen atoms in total. The number of carbonyl (C=O) groups excluding carboxylic acids is 1. The van der Waals surface area contributed by atoms with E-state index in [1.165, 1.54) is 4.68 Å². The van der Waals surface area contributed by atoms with Gasteiger partial charge in [-0.2, -0.15) is 5.10 Å². The van der Waals surface area contributed by atoms with E-state index in [0.717, 1.165) is 16.9 Å². The van der Waals surface area contributed by atoms with Crippen LogP contribution >= 0.6 is 0 Å². The lowest BCUT2D eigenvalue weighted by atomic mass is 10.1. The first kappa shape index (κ1) is 22.3. The summed E-state index contributed by atoms with van der Waals surface area (Å²) >= 11 is 0. The lowest BCUT2D eigenvalue weighted by molar-refractivity contribution is 0.0934. The molecule has 0 aliphatic rings. The minimum Gasteiger partial charge on any atom is -0.491 e. The van der Waals surface area contributed by atoms with E-state index in [4.69, 9.17) is 4.74 Å². The zero-order valence-corrected chi connectivity index (χ0v) is 19.0. The number of aromatic nitrogens is 2. The smallest absolute Gasteiger partial charge is 0.274 e. The van der Waals surface area contributed by atoms with Gasteiger partial charge in [-0.3, -0.25) is 9.59 Å². The van der Waals surface area contributed by atoms with Crippen molar-refractivity contribution < 1.29 is 9.53 Å². The largest absolute Gasteiger partial charge is 0.491 e. The molecule has 33 heavy (non-hydrogen) atoms. The SMILES string of the molecule is CC(C)Oc1cccc(C(C)NC(=O)c2nn(Cc3ccccc3)c(=O)c3ccccc23)c1. The number of benzene rings is 3. The van der Waals surface area contributed by atoms with Crippen LogP contribution in [0.15, 0.2) is 83.7 Å². The van der Waals surface area contributed by atoms with E-state index in [-0.39, 0.29) is 35.9 Å². The second-order valence-electron chi connectivity index (χ2n) is 8.28. The number of ether oxygens (including phenoxy) is 1. The number of fused-ring (bicyclic) bond motifs is 1. The quantitative estimate of drug-likeness (QED) is 0.450. The highest BCUT2D eigenvalue weighted by Crippen LogP contribution is 2.21. The van der Waals surface area contributed by atoms with Gasteiger partial charge in [-0.1, -0.05) is 60.7 Å². The number of hydrogen-bond acceptors (Lipinski definition) is 4. The van der Waals surface area contributed by atoms with Gasteiger partial charge >= 0.3 is 0 Å². The predicted octanol–water partition coefficient (Wildman–Crippen LogP) is 4.72. The molecule has 4 aromatic rings. The highest BCUT2D eigenvalue weighted by Gasteiger charge is 2.19. The van der Waals surface area contributed by atoms with Gasteiger partial charge in [-0.05, 0) is 50.1 Å². The maximum atomic E-state index is 13.3. The van der Waals surface area contributed by atoms with Crippen LogP contribution < -0.4 is 15.6 Å². The molecule has 1 N–H and O–H groups in total. The second kappa shape index (κ2) is 9.69. The summed E-state index contributed by atoms with van der Waals surface area (Å²) in [7, 11) is 0. The first-order valence-corrected chi connectivity index (χ1v) is 11.0. The minimum atomic E-state index is -0.337. The van der Waals surface area contributed by atoms with Gasteiger partial charge in [0.1, 0.15) is 5.75 Å². The molecule has 0 bridgehead atoms. The Hall–Kier alpha value is -3.93. The van der Waals surface area contributed by atoms with Crippen molar-refractivity contribution in [2.45, 2.75) is 39.5 Å². The first-order chi connectivity index (χ1) is 15.9. The maximum absolute atomic E-state index is 13.3. The molecule has 168 valence electrons. The van der Waals surface area contributed by atoms with E-state index >= 15 is 0 Å². The second-order valence-corrected chi connectivity index (χ2v) is 8.28. The Labute approximate surface area is 192 Å². The van der Waals surface area contributed by atoms with Crippen molar-refractivity contribution in [2.75, 3.05) is 0 Å². The van der Waals surface area contributed by atoms with Gasteiger partial charge in [-0.25, -0.2) is 4.68 Å². The fourth-order valence-corrected chi connectivity index (χ4v) is 3.74. The molecule has 1 aromatic heterocycles. The van der Waals surface area contributed by atoms with Crippen molar-refractivity contribution in [3.8, 4) is 5.75 Å². The Kier molecular flexibility index (Phi) is 6.54. The van der Waals surface area contributed by atoms with E-state index in [2.05, 4.69) is 10.4 Å². The van der Waals surface area contributed by atoms with Crippen LogP contribution in [0.1, 0.15) is 48.4 Å². The Balaban J connectivity index is 1.66. The van der Waals surface area contributed by atoms with Crippen molar-refractivity contribution in [1.29, 1.82) is 0 Å². The van der Waals surface area contributed by atoms with Crippen molar-refractivity contribution in [2.24, 2.45) is 0 Å². The lowest BCUT2D eigenvalue weighted by Gasteiger charge is -2.17. The Bertz CT molecular complexity index is 1330. The first-order valence-electron chi connectivity index (χ1n) is 11.0. The summed E-state index contributed by atoms with van der Waals surface area (Å²) in [4.78, 5) is 26.3. The molecule has 0 spiro atoms. The molecule has 0 saturated heterocycles. The van der Waals surface area contributed by atoms with Gasteiger partial charge in [0.2, 0.25) is 0 Å². The molecule has 0 saturated carbocycles. The summed E-state index contributed by atoms with van der Waals surface area (Å²) in [5, 5.41) is 8.49. The van der Waals surface area contributed by atoms with Gasteiger partial charge in [0, 0.05) is 5.39 Å². The van der Waals surface area contributed by atoms with Crippen LogP contribution in [-0.2, 0) is 6.54 Å². The summed E-state index contributed by atoms with van der Waals surface area (Å²) in [6, 6.07) is 24.1. The van der Waals surface area contributed by atoms with Crippen LogP contribution in [-0.4, -0.2) is 21.8 Å². The molecule has 0 aliphatic carbocycles. The minimum absolute atomic E-state index is 0.0615. The monoisotopic (exact) mass is 441 g/mol. The summed E-state index contributed by atoms with van der Waals surface area (Å²) in [5.41, 5.74) is 1.85. The molecule has 1 heterocycles. The standard InChI is InChI=1S/C27H27N3O3/c1-18(2)33-22-13-9-12-21(16-22)19(3)28-26(31)25-23-14-7-8-15-24(23)27(32)30(29-25)17-20-10-5-4-6-11-20/h4-16,18-19H,17H2,1-3H3,(H,28,31). The molecule has 6 heteroatoms. The van der Waals surface area contributed by atoms with E-state index < -0.39 is 0 Å². The zero-order chi connectivity index (χ0) is 23.4. The molecule has 1 amide bonds. The molecule has 1 atom stereocenters. The van der Waals surface area contributed by atoms with Crippen molar-refractivity contribution in [3.63, 3.8) is 0 Å². The van der Waals surface area contributed by atoms with Gasteiger partial charge in [-0.15, -0.1) is 0 Å². The number of hydrogen-bond donors (Lipinski definition) is 1. The average Bonchev–Trinajstić information content (AvgIpc) is 2.81. The molecule has 4 rings (SSSR count). The van der Waals surface area contributed by atoms with Crippen LogP contribution in [0.4, 0.5) is 0 Å². The summed E-state index contributed by atoms with van der Waals surface area (Å²) in [6.07, 6.45) is 0.0615. The molecule has 1 unspecified atom stereocenters.